The summed E-state index contributed by atoms with van der Waals surface area (Å²) >= 11 is 3.44. The number of carboxylic acids is 1. The van der Waals surface area contributed by atoms with E-state index in [9.17, 15) is 18.0 Å². The lowest BCUT2D eigenvalue weighted by molar-refractivity contribution is -0.192. The molecule has 11 heteroatoms. The highest BCUT2D eigenvalue weighted by atomic mass is 79.9. The van der Waals surface area contributed by atoms with E-state index in [1.54, 1.807) is 18.5 Å². The second-order valence-corrected chi connectivity index (χ2v) is 7.76. The molecule has 2 aromatic rings. The Morgan fingerprint density at radius 3 is 2.41 bits per heavy atom. The van der Waals surface area contributed by atoms with Crippen molar-refractivity contribution in [3.8, 4) is 0 Å². The molecular weight excluding hydrogens is 457 g/mol. The summed E-state index contributed by atoms with van der Waals surface area (Å²) in [5, 5.41) is 11.2. The molecule has 0 aromatic carbocycles. The number of carboxylic acid groups (broad SMARTS) is 1. The molecule has 0 aliphatic carbocycles. The molecule has 3 fully saturated rings. The topological polar surface area (TPSA) is 95.4 Å². The van der Waals surface area contributed by atoms with Crippen molar-refractivity contribution >= 4 is 38.7 Å². The first-order valence-electron chi connectivity index (χ1n) is 8.88. The number of fused-ring (bicyclic) bond motifs is 4. The van der Waals surface area contributed by atoms with Gasteiger partial charge in [0, 0.05) is 30.4 Å². The van der Waals surface area contributed by atoms with Crippen LogP contribution in [0.15, 0.2) is 29.0 Å². The normalized spacial score (nSPS) is 23.2. The third-order valence-corrected chi connectivity index (χ3v) is 5.58. The summed E-state index contributed by atoms with van der Waals surface area (Å²) in [6.07, 6.45) is 0.743. The average molecular weight is 475 g/mol. The zero-order valence-corrected chi connectivity index (χ0v) is 16.7. The molecule has 2 bridgehead atoms. The number of carbonyl (C=O) groups excluding carboxylic acids is 1. The largest absolute Gasteiger partial charge is 0.490 e. The van der Waals surface area contributed by atoms with Gasteiger partial charge in [-0.15, -0.1) is 0 Å². The number of pyridine rings is 2. The third kappa shape index (κ3) is 5.21. The van der Waals surface area contributed by atoms with Crippen LogP contribution in [0.4, 0.5) is 13.2 Å². The van der Waals surface area contributed by atoms with Crippen LogP contribution in [0.25, 0.3) is 10.9 Å². The second-order valence-electron chi connectivity index (χ2n) is 6.91. The van der Waals surface area contributed by atoms with E-state index in [0.29, 0.717) is 11.6 Å². The summed E-state index contributed by atoms with van der Waals surface area (Å²) in [5.41, 5.74) is 1.24. The maximum absolute atomic E-state index is 12.5. The molecule has 0 radical (unpaired) electrons. The molecule has 0 saturated carbocycles. The predicted octanol–water partition coefficient (Wildman–Crippen LogP) is 2.85. The van der Waals surface area contributed by atoms with Crippen LogP contribution in [-0.4, -0.2) is 63.7 Å². The minimum atomic E-state index is -5.08. The van der Waals surface area contributed by atoms with Gasteiger partial charge in [-0.05, 0) is 59.9 Å². The summed E-state index contributed by atoms with van der Waals surface area (Å²) in [5.74, 6) is -2.22. The van der Waals surface area contributed by atoms with Crippen LogP contribution < -0.4 is 5.32 Å². The van der Waals surface area contributed by atoms with Gasteiger partial charge in [0.15, 0.2) is 0 Å². The fraction of sp³-hybridized carbons (Fsp3) is 0.444. The molecule has 2 N–H and O–H groups in total. The molecule has 7 nitrogen and oxygen atoms in total. The number of hydrogen-bond donors (Lipinski definition) is 2. The van der Waals surface area contributed by atoms with Gasteiger partial charge < -0.3 is 15.3 Å². The zero-order valence-electron chi connectivity index (χ0n) is 15.1. The minimum Gasteiger partial charge on any atom is -0.475 e. The number of alkyl halides is 3. The van der Waals surface area contributed by atoms with Crippen LogP contribution in [0.1, 0.15) is 23.3 Å². The fourth-order valence-electron chi connectivity index (χ4n) is 3.51. The summed E-state index contributed by atoms with van der Waals surface area (Å²) in [6, 6.07) is 3.92. The van der Waals surface area contributed by atoms with Gasteiger partial charge in [-0.3, -0.25) is 9.78 Å². The van der Waals surface area contributed by atoms with E-state index >= 15 is 0 Å². The molecular formula is C18H18BrF3N4O3. The summed E-state index contributed by atoms with van der Waals surface area (Å²) in [4.78, 5) is 32.5. The van der Waals surface area contributed by atoms with Gasteiger partial charge in [-0.2, -0.15) is 13.2 Å². The number of nitrogens with zero attached hydrogens (tertiary/aromatic N) is 3. The monoisotopic (exact) mass is 474 g/mol. The Morgan fingerprint density at radius 2 is 1.86 bits per heavy atom. The van der Waals surface area contributed by atoms with Crippen molar-refractivity contribution in [2.45, 2.75) is 25.1 Å². The van der Waals surface area contributed by atoms with Gasteiger partial charge in [0.05, 0.1) is 9.99 Å². The lowest BCUT2D eigenvalue weighted by atomic mass is 9.84. The van der Waals surface area contributed by atoms with Crippen LogP contribution in [0.5, 0.6) is 0 Å². The van der Waals surface area contributed by atoms with Gasteiger partial charge in [-0.1, -0.05) is 0 Å². The Morgan fingerprint density at radius 1 is 1.21 bits per heavy atom. The number of carbonyl (C=O) groups is 2. The maximum atomic E-state index is 12.5. The van der Waals surface area contributed by atoms with Crippen LogP contribution >= 0.6 is 15.9 Å². The van der Waals surface area contributed by atoms with Gasteiger partial charge >= 0.3 is 12.1 Å². The number of halogens is 4. The number of hydrogen-bond acceptors (Lipinski definition) is 5. The van der Waals surface area contributed by atoms with Crippen molar-refractivity contribution in [3.63, 3.8) is 0 Å². The smallest absolute Gasteiger partial charge is 0.475 e. The standard InChI is InChI=1S/C16H17BrN4O.C2HF3O2/c17-12-8-18-7-11-1-2-13(19-15(11)12)16(22)20-14-9-21-5-3-10(14)4-6-21;3-2(4,5)1(6)7/h1-2,7-8,10,14H,3-6,9H2,(H,20,22);(H,6,7)/t14-;/m1./s1. The Bertz CT molecular complexity index is 917. The maximum Gasteiger partial charge on any atom is 0.490 e. The number of amides is 1. The number of rotatable bonds is 2. The Hall–Kier alpha value is -2.27. The van der Waals surface area contributed by atoms with Gasteiger partial charge in [0.1, 0.15) is 5.69 Å². The Balaban J connectivity index is 0.000000298. The van der Waals surface area contributed by atoms with Crippen molar-refractivity contribution in [2.75, 3.05) is 19.6 Å². The zero-order chi connectivity index (χ0) is 21.2. The van der Waals surface area contributed by atoms with E-state index in [2.05, 4.69) is 36.1 Å². The average Bonchev–Trinajstić information content (AvgIpc) is 2.69. The highest BCUT2D eigenvalue weighted by molar-refractivity contribution is 9.10. The third-order valence-electron chi connectivity index (χ3n) is 5.00. The van der Waals surface area contributed by atoms with Crippen molar-refractivity contribution in [3.05, 3.63) is 34.7 Å². The molecule has 0 unspecified atom stereocenters. The predicted molar refractivity (Wildman–Crippen MR) is 101 cm³/mol. The molecule has 1 atom stereocenters. The van der Waals surface area contributed by atoms with E-state index in [4.69, 9.17) is 9.90 Å². The summed E-state index contributed by atoms with van der Waals surface area (Å²) in [6.45, 7) is 3.31. The van der Waals surface area contributed by atoms with E-state index in [1.807, 2.05) is 6.07 Å². The minimum absolute atomic E-state index is 0.0793. The first-order valence-corrected chi connectivity index (χ1v) is 9.68. The van der Waals surface area contributed by atoms with Crippen LogP contribution in [0.2, 0.25) is 0 Å². The van der Waals surface area contributed by atoms with E-state index in [-0.39, 0.29) is 11.9 Å². The van der Waals surface area contributed by atoms with Crippen molar-refractivity contribution < 1.29 is 27.9 Å². The van der Waals surface area contributed by atoms with Crippen LogP contribution in [0, 0.1) is 5.92 Å². The number of piperidine rings is 3. The SMILES string of the molecule is O=C(N[C@@H]1CN2CCC1CC2)c1ccc2cncc(Br)c2n1.O=C(O)C(F)(F)F. The van der Waals surface area contributed by atoms with Gasteiger partial charge in [0.25, 0.3) is 5.91 Å². The highest BCUT2D eigenvalue weighted by Gasteiger charge is 2.38. The first-order chi connectivity index (χ1) is 13.6. The van der Waals surface area contributed by atoms with Crippen molar-refractivity contribution in [2.24, 2.45) is 5.92 Å². The van der Waals surface area contributed by atoms with E-state index in [0.717, 1.165) is 21.9 Å². The lowest BCUT2D eigenvalue weighted by Gasteiger charge is -2.44. The van der Waals surface area contributed by atoms with Crippen LogP contribution in [-0.2, 0) is 4.79 Å². The Labute approximate surface area is 172 Å². The molecule has 156 valence electrons. The van der Waals surface area contributed by atoms with Crippen molar-refractivity contribution in [1.29, 1.82) is 0 Å². The molecule has 3 aliphatic heterocycles. The van der Waals surface area contributed by atoms with Crippen LogP contribution in [0.3, 0.4) is 0 Å². The quantitative estimate of drug-likeness (QED) is 0.694. The lowest BCUT2D eigenvalue weighted by Crippen LogP contribution is -2.57. The molecule has 3 aliphatic rings. The molecule has 2 aromatic heterocycles. The molecule has 5 rings (SSSR count). The number of aromatic nitrogens is 2. The Kier molecular flexibility index (Phi) is 6.37. The molecule has 29 heavy (non-hydrogen) atoms. The van der Waals surface area contributed by atoms with E-state index in [1.165, 1.54) is 25.9 Å². The van der Waals surface area contributed by atoms with Crippen molar-refractivity contribution in [1.82, 2.24) is 20.2 Å². The summed E-state index contributed by atoms with van der Waals surface area (Å²) < 4.78 is 32.5. The van der Waals surface area contributed by atoms with E-state index < -0.39 is 12.1 Å². The van der Waals surface area contributed by atoms with Gasteiger partial charge in [0.2, 0.25) is 0 Å². The molecule has 3 saturated heterocycles. The molecule has 0 spiro atoms. The second kappa shape index (κ2) is 8.62. The molecule has 1 amide bonds. The fourth-order valence-corrected chi connectivity index (χ4v) is 3.94. The number of aliphatic carboxylic acids is 1. The highest BCUT2D eigenvalue weighted by Crippen LogP contribution is 2.28. The number of nitrogens with one attached hydrogen (secondary N) is 1. The van der Waals surface area contributed by atoms with Gasteiger partial charge in [-0.25, -0.2) is 9.78 Å². The molecule has 5 heterocycles. The summed E-state index contributed by atoms with van der Waals surface area (Å²) in [7, 11) is 0. The first kappa shape index (κ1) is 21.4.